The van der Waals surface area contributed by atoms with Gasteiger partial charge in [-0.2, -0.15) is 0 Å². The van der Waals surface area contributed by atoms with E-state index in [1.165, 1.54) is 0 Å². The van der Waals surface area contributed by atoms with Gasteiger partial charge in [-0.1, -0.05) is 18.7 Å². The van der Waals surface area contributed by atoms with Gasteiger partial charge in [-0.05, 0) is 53.2 Å². The Bertz CT molecular complexity index is 1040. The molecule has 0 aliphatic heterocycles. The van der Waals surface area contributed by atoms with Crippen LogP contribution in [0.25, 0.3) is 16.5 Å². The number of ether oxygens (including phenoxy) is 2. The van der Waals surface area contributed by atoms with E-state index in [4.69, 9.17) is 9.47 Å². The van der Waals surface area contributed by atoms with E-state index in [9.17, 15) is 14.4 Å². The molecule has 0 aliphatic carbocycles. The lowest BCUT2D eigenvalue weighted by atomic mass is 10.0. The van der Waals surface area contributed by atoms with Crippen molar-refractivity contribution in [2.45, 2.75) is 59.3 Å². The largest absolute Gasteiger partial charge is 0.444 e. The Morgan fingerprint density at radius 3 is 2.16 bits per heavy atom. The third-order valence-electron chi connectivity index (χ3n) is 4.04. The highest BCUT2D eigenvalue weighted by Crippen LogP contribution is 2.21. The van der Waals surface area contributed by atoms with Crippen LogP contribution in [0.3, 0.4) is 0 Å². The van der Waals surface area contributed by atoms with Gasteiger partial charge < -0.3 is 25.1 Å². The fourth-order valence-electron chi connectivity index (χ4n) is 2.79. The first-order chi connectivity index (χ1) is 14.3. The number of carbonyl (C=O) groups excluding carboxylic acids is 2. The SMILES string of the molecule is C=C(CNC(=O)OC(C)(C)C)c1cccc2c(=O)c(CNC(=O)OC(C)(C)C)c[nH]c12. The number of pyridine rings is 1. The molecule has 2 amide bonds. The number of benzene rings is 1. The molecule has 0 unspecified atom stereocenters. The molecule has 1 aromatic heterocycles. The number of aromatic amines is 1. The van der Waals surface area contributed by atoms with E-state index in [2.05, 4.69) is 22.2 Å². The highest BCUT2D eigenvalue weighted by molar-refractivity contribution is 5.91. The Hall–Kier alpha value is -3.29. The van der Waals surface area contributed by atoms with Crippen LogP contribution in [0.4, 0.5) is 9.59 Å². The number of para-hydroxylation sites is 1. The number of rotatable bonds is 5. The van der Waals surface area contributed by atoms with Gasteiger partial charge in [0.15, 0.2) is 5.43 Å². The number of aromatic nitrogens is 1. The first-order valence-electron chi connectivity index (χ1n) is 10.0. The number of amides is 2. The molecule has 3 N–H and O–H groups in total. The lowest BCUT2D eigenvalue weighted by molar-refractivity contribution is 0.0516. The van der Waals surface area contributed by atoms with Crippen LogP contribution in [0.15, 0.2) is 35.8 Å². The van der Waals surface area contributed by atoms with Gasteiger partial charge in [-0.15, -0.1) is 0 Å². The molecule has 0 spiro atoms. The number of hydrogen-bond donors (Lipinski definition) is 3. The lowest BCUT2D eigenvalue weighted by Crippen LogP contribution is -2.33. The second kappa shape index (κ2) is 9.24. The molecule has 0 fully saturated rings. The fraction of sp³-hybridized carbons (Fsp3) is 0.435. The quantitative estimate of drug-likeness (QED) is 0.663. The van der Waals surface area contributed by atoms with E-state index < -0.39 is 23.4 Å². The summed E-state index contributed by atoms with van der Waals surface area (Å²) in [7, 11) is 0. The Balaban J connectivity index is 2.16. The topological polar surface area (TPSA) is 110 Å². The van der Waals surface area contributed by atoms with Gasteiger partial charge in [0.25, 0.3) is 0 Å². The van der Waals surface area contributed by atoms with Crippen LogP contribution in [-0.2, 0) is 16.0 Å². The van der Waals surface area contributed by atoms with E-state index in [1.807, 2.05) is 6.07 Å². The number of nitrogens with one attached hydrogen (secondary N) is 3. The maximum atomic E-state index is 12.9. The highest BCUT2D eigenvalue weighted by atomic mass is 16.6. The van der Waals surface area contributed by atoms with E-state index >= 15 is 0 Å². The number of alkyl carbamates (subject to hydrolysis) is 2. The summed E-state index contributed by atoms with van der Waals surface area (Å²) in [6.45, 7) is 14.9. The number of hydrogen-bond acceptors (Lipinski definition) is 5. The van der Waals surface area contributed by atoms with Crippen molar-refractivity contribution in [1.82, 2.24) is 15.6 Å². The number of fused-ring (bicyclic) bond motifs is 1. The first kappa shape index (κ1) is 24.0. The Labute approximate surface area is 182 Å². The van der Waals surface area contributed by atoms with Gasteiger partial charge in [-0.25, -0.2) is 9.59 Å². The van der Waals surface area contributed by atoms with Gasteiger partial charge in [0.2, 0.25) is 0 Å². The molecule has 0 saturated carbocycles. The molecule has 8 heteroatoms. The maximum absolute atomic E-state index is 12.9. The molecule has 1 heterocycles. The van der Waals surface area contributed by atoms with E-state index in [-0.39, 0.29) is 18.5 Å². The normalized spacial score (nSPS) is 11.7. The zero-order valence-electron chi connectivity index (χ0n) is 19.0. The minimum absolute atomic E-state index is 0.0333. The maximum Gasteiger partial charge on any atom is 0.407 e. The molecule has 0 atom stereocenters. The molecule has 0 radical (unpaired) electrons. The third-order valence-corrected chi connectivity index (χ3v) is 4.04. The molecule has 0 aliphatic rings. The van der Waals surface area contributed by atoms with Crippen molar-refractivity contribution in [2.75, 3.05) is 6.54 Å². The van der Waals surface area contributed by atoms with Gasteiger partial charge in [0.05, 0.1) is 12.1 Å². The zero-order chi connectivity index (χ0) is 23.4. The van der Waals surface area contributed by atoms with Crippen molar-refractivity contribution in [3.05, 3.63) is 52.3 Å². The van der Waals surface area contributed by atoms with E-state index in [0.29, 0.717) is 27.6 Å². The summed E-state index contributed by atoms with van der Waals surface area (Å²) in [5.41, 5.74) is 0.892. The molecule has 0 saturated heterocycles. The molecule has 0 bridgehead atoms. The van der Waals surface area contributed by atoms with Crippen molar-refractivity contribution in [2.24, 2.45) is 0 Å². The van der Waals surface area contributed by atoms with Crippen LogP contribution < -0.4 is 16.1 Å². The number of H-pyrrole nitrogens is 1. The van der Waals surface area contributed by atoms with Gasteiger partial charge in [-0.3, -0.25) is 4.79 Å². The predicted molar refractivity (Wildman–Crippen MR) is 121 cm³/mol. The Morgan fingerprint density at radius 2 is 1.58 bits per heavy atom. The molecule has 8 nitrogen and oxygen atoms in total. The van der Waals surface area contributed by atoms with Gasteiger partial charge in [0.1, 0.15) is 11.2 Å². The molecule has 31 heavy (non-hydrogen) atoms. The third kappa shape index (κ3) is 7.16. The molecule has 1 aromatic carbocycles. The predicted octanol–water partition coefficient (Wildman–Crippen LogP) is 4.09. The van der Waals surface area contributed by atoms with Crippen LogP contribution >= 0.6 is 0 Å². The van der Waals surface area contributed by atoms with Crippen LogP contribution in [0.5, 0.6) is 0 Å². The summed E-state index contributed by atoms with van der Waals surface area (Å²) in [6, 6.07) is 5.26. The van der Waals surface area contributed by atoms with Crippen LogP contribution in [0.1, 0.15) is 52.7 Å². The molecule has 2 aromatic rings. The second-order valence-electron chi connectivity index (χ2n) is 9.19. The molecule has 2 rings (SSSR count). The average molecular weight is 430 g/mol. The summed E-state index contributed by atoms with van der Waals surface area (Å²) < 4.78 is 10.4. The Kier molecular flexibility index (Phi) is 7.15. The smallest absolute Gasteiger partial charge is 0.407 e. The van der Waals surface area contributed by atoms with Crippen LogP contribution in [0, 0.1) is 0 Å². The van der Waals surface area contributed by atoms with E-state index in [0.717, 1.165) is 0 Å². The molecular formula is C23H31N3O5. The van der Waals surface area contributed by atoms with Gasteiger partial charge in [0, 0.05) is 29.3 Å². The van der Waals surface area contributed by atoms with Crippen molar-refractivity contribution in [3.8, 4) is 0 Å². The minimum Gasteiger partial charge on any atom is -0.444 e. The van der Waals surface area contributed by atoms with Crippen LogP contribution in [0.2, 0.25) is 0 Å². The first-order valence-corrected chi connectivity index (χ1v) is 10.0. The number of carbonyl (C=O) groups is 2. The van der Waals surface area contributed by atoms with Crippen molar-refractivity contribution in [3.63, 3.8) is 0 Å². The Morgan fingerprint density at radius 1 is 1.00 bits per heavy atom. The zero-order valence-corrected chi connectivity index (χ0v) is 19.0. The summed E-state index contributed by atoms with van der Waals surface area (Å²) in [5.74, 6) is 0. The second-order valence-corrected chi connectivity index (χ2v) is 9.19. The van der Waals surface area contributed by atoms with Crippen molar-refractivity contribution < 1.29 is 19.1 Å². The minimum atomic E-state index is -0.623. The summed E-state index contributed by atoms with van der Waals surface area (Å²) >= 11 is 0. The fourth-order valence-corrected chi connectivity index (χ4v) is 2.79. The molecular weight excluding hydrogens is 398 g/mol. The highest BCUT2D eigenvalue weighted by Gasteiger charge is 2.18. The standard InChI is InChI=1S/C23H31N3O5/c1-14(11-25-20(28)30-22(2,3)4)16-9-8-10-17-18(16)24-12-15(19(17)27)13-26-21(29)31-23(5,6)7/h8-10,12H,1,11,13H2,2-7H3,(H,24,27)(H,25,28)(H,26,29). The average Bonchev–Trinajstić information content (AvgIpc) is 2.62. The monoisotopic (exact) mass is 429 g/mol. The summed E-state index contributed by atoms with van der Waals surface area (Å²) in [6.07, 6.45) is 0.417. The summed E-state index contributed by atoms with van der Waals surface area (Å²) in [5, 5.41) is 5.71. The van der Waals surface area contributed by atoms with Crippen molar-refractivity contribution >= 4 is 28.7 Å². The van der Waals surface area contributed by atoms with Crippen molar-refractivity contribution in [1.29, 1.82) is 0 Å². The van der Waals surface area contributed by atoms with E-state index in [1.54, 1.807) is 59.9 Å². The van der Waals surface area contributed by atoms with Gasteiger partial charge >= 0.3 is 12.2 Å². The lowest BCUT2D eigenvalue weighted by Gasteiger charge is -2.20. The summed E-state index contributed by atoms with van der Waals surface area (Å²) in [4.78, 5) is 39.8. The molecule has 168 valence electrons. The van der Waals surface area contributed by atoms with Crippen LogP contribution in [-0.4, -0.2) is 34.9 Å².